The van der Waals surface area contributed by atoms with Crippen molar-refractivity contribution in [1.82, 2.24) is 9.97 Å². The van der Waals surface area contributed by atoms with Crippen LogP contribution in [0.2, 0.25) is 0 Å². The van der Waals surface area contributed by atoms with Gasteiger partial charge in [0.1, 0.15) is 0 Å². The number of fused-ring (bicyclic) bond motifs is 1. The smallest absolute Gasteiger partial charge is 0.251 e. The van der Waals surface area contributed by atoms with E-state index in [1.807, 2.05) is 39.8 Å². The molecule has 0 aliphatic heterocycles. The molecule has 0 amide bonds. The van der Waals surface area contributed by atoms with Crippen LogP contribution in [-0.4, -0.2) is 9.97 Å². The van der Waals surface area contributed by atoms with Gasteiger partial charge in [-0.15, -0.1) is 0 Å². The van der Waals surface area contributed by atoms with Crippen LogP contribution in [0.15, 0.2) is 23.1 Å². The first kappa shape index (κ1) is 12.4. The summed E-state index contributed by atoms with van der Waals surface area (Å²) in [5.74, 6) is 0. The van der Waals surface area contributed by atoms with Crippen LogP contribution in [0.4, 0.5) is 0 Å². The molecule has 16 heavy (non-hydrogen) atoms. The van der Waals surface area contributed by atoms with E-state index in [4.69, 9.17) is 0 Å². The predicted molar refractivity (Wildman–Crippen MR) is 67.8 cm³/mol. The van der Waals surface area contributed by atoms with Crippen LogP contribution in [0.1, 0.15) is 32.0 Å². The highest BCUT2D eigenvalue weighted by Gasteiger charge is 2.00. The lowest BCUT2D eigenvalue weighted by molar-refractivity contribution is 1.08. The number of aryl methyl sites for hydroxylation is 2. The van der Waals surface area contributed by atoms with E-state index in [0.717, 1.165) is 28.6 Å². The van der Waals surface area contributed by atoms with E-state index in [-0.39, 0.29) is 5.56 Å². The topological polar surface area (TPSA) is 45.8 Å². The summed E-state index contributed by atoms with van der Waals surface area (Å²) >= 11 is 0. The zero-order valence-corrected chi connectivity index (χ0v) is 10.3. The highest BCUT2D eigenvalue weighted by atomic mass is 16.1. The van der Waals surface area contributed by atoms with E-state index in [1.165, 1.54) is 0 Å². The van der Waals surface area contributed by atoms with E-state index in [0.29, 0.717) is 0 Å². The molecule has 0 radical (unpaired) electrons. The number of pyridine rings is 2. The van der Waals surface area contributed by atoms with Gasteiger partial charge in [0.15, 0.2) is 0 Å². The Morgan fingerprint density at radius 3 is 2.62 bits per heavy atom. The third-order valence-corrected chi connectivity index (χ3v) is 2.32. The first-order chi connectivity index (χ1) is 7.70. The van der Waals surface area contributed by atoms with E-state index in [1.54, 1.807) is 6.20 Å². The first-order valence-corrected chi connectivity index (χ1v) is 5.69. The lowest BCUT2D eigenvalue weighted by Crippen LogP contribution is -2.11. The summed E-state index contributed by atoms with van der Waals surface area (Å²) < 4.78 is 0. The molecule has 0 fully saturated rings. The fourth-order valence-corrected chi connectivity index (χ4v) is 1.51. The van der Waals surface area contributed by atoms with Crippen LogP contribution >= 0.6 is 0 Å². The molecule has 0 aromatic carbocycles. The van der Waals surface area contributed by atoms with Gasteiger partial charge < -0.3 is 4.98 Å². The second kappa shape index (κ2) is 5.45. The summed E-state index contributed by atoms with van der Waals surface area (Å²) in [5, 5.41) is 0.993. The lowest BCUT2D eigenvalue weighted by Gasteiger charge is -2.01. The molecular weight excluding hydrogens is 200 g/mol. The van der Waals surface area contributed by atoms with Gasteiger partial charge in [-0.3, -0.25) is 9.78 Å². The number of hydrogen-bond donors (Lipinski definition) is 1. The van der Waals surface area contributed by atoms with Crippen molar-refractivity contribution in [2.45, 2.75) is 34.1 Å². The number of nitrogens with zero attached hydrogens (tertiary/aromatic N) is 1. The van der Waals surface area contributed by atoms with Crippen LogP contribution in [0.3, 0.4) is 0 Å². The quantitative estimate of drug-likeness (QED) is 0.800. The van der Waals surface area contributed by atoms with Crippen LogP contribution in [0, 0.1) is 6.92 Å². The molecule has 2 aromatic rings. The lowest BCUT2D eigenvalue weighted by atomic mass is 10.1. The largest absolute Gasteiger partial charge is 0.322 e. The maximum Gasteiger partial charge on any atom is 0.251 e. The molecule has 1 N–H and O–H groups in total. The second-order valence-corrected chi connectivity index (χ2v) is 3.39. The van der Waals surface area contributed by atoms with Crippen molar-refractivity contribution in [1.29, 1.82) is 0 Å². The van der Waals surface area contributed by atoms with Crippen molar-refractivity contribution in [2.24, 2.45) is 0 Å². The molecule has 3 heteroatoms. The number of nitrogens with one attached hydrogen (secondary N) is 1. The maximum absolute atomic E-state index is 11.5. The molecular formula is C13H18N2O. The Hall–Kier alpha value is -1.64. The van der Waals surface area contributed by atoms with Gasteiger partial charge in [-0.05, 0) is 25.5 Å². The summed E-state index contributed by atoms with van der Waals surface area (Å²) in [6.07, 6.45) is 2.54. The van der Waals surface area contributed by atoms with Gasteiger partial charge in [-0.1, -0.05) is 20.8 Å². The van der Waals surface area contributed by atoms with Crippen LogP contribution in [-0.2, 0) is 6.42 Å². The number of rotatable bonds is 1. The Morgan fingerprint density at radius 1 is 1.31 bits per heavy atom. The summed E-state index contributed by atoms with van der Waals surface area (Å²) in [6, 6.07) is 3.79. The molecule has 0 atom stereocenters. The predicted octanol–water partition coefficient (Wildman–Crippen LogP) is 2.82. The monoisotopic (exact) mass is 218 g/mol. The number of aromatic amines is 1. The number of hydrogen-bond acceptors (Lipinski definition) is 2. The average Bonchev–Trinajstić information content (AvgIpc) is 2.30. The fraction of sp³-hybridized carbons (Fsp3) is 0.385. The molecule has 0 saturated heterocycles. The van der Waals surface area contributed by atoms with Gasteiger partial charge in [-0.25, -0.2) is 0 Å². The number of H-pyrrole nitrogens is 1. The Morgan fingerprint density at radius 2 is 2.00 bits per heavy atom. The fourth-order valence-electron chi connectivity index (χ4n) is 1.51. The zero-order chi connectivity index (χ0) is 12.1. The van der Waals surface area contributed by atoms with Gasteiger partial charge in [0.25, 0.3) is 5.56 Å². The van der Waals surface area contributed by atoms with Crippen molar-refractivity contribution < 1.29 is 0 Å². The van der Waals surface area contributed by atoms with Crippen LogP contribution in [0.5, 0.6) is 0 Å². The van der Waals surface area contributed by atoms with E-state index in [2.05, 4.69) is 9.97 Å². The number of aromatic nitrogens is 2. The molecule has 2 rings (SSSR count). The van der Waals surface area contributed by atoms with Gasteiger partial charge in [0.05, 0.1) is 5.52 Å². The average molecular weight is 218 g/mol. The molecule has 0 aliphatic rings. The molecule has 0 saturated carbocycles. The van der Waals surface area contributed by atoms with Crippen molar-refractivity contribution >= 4 is 10.9 Å². The zero-order valence-electron chi connectivity index (χ0n) is 10.3. The van der Waals surface area contributed by atoms with E-state index < -0.39 is 0 Å². The molecule has 86 valence electrons. The molecule has 0 bridgehead atoms. The minimum absolute atomic E-state index is 0.00519. The normalized spacial score (nSPS) is 9.75. The molecule has 2 heterocycles. The maximum atomic E-state index is 11.5. The highest BCUT2D eigenvalue weighted by molar-refractivity contribution is 5.78. The Kier molecular flexibility index (Phi) is 4.23. The van der Waals surface area contributed by atoms with Crippen molar-refractivity contribution in [3.8, 4) is 0 Å². The molecule has 3 nitrogen and oxygen atoms in total. The minimum atomic E-state index is 0.00519. The Bertz CT molecular complexity index is 529. The molecule has 0 spiro atoms. The third kappa shape index (κ3) is 2.48. The van der Waals surface area contributed by atoms with Gasteiger partial charge in [0.2, 0.25) is 0 Å². The summed E-state index contributed by atoms with van der Waals surface area (Å²) in [5.41, 5.74) is 2.59. The highest BCUT2D eigenvalue weighted by Crippen LogP contribution is 2.10. The van der Waals surface area contributed by atoms with Crippen LogP contribution < -0.4 is 5.56 Å². The minimum Gasteiger partial charge on any atom is -0.322 e. The van der Waals surface area contributed by atoms with Crippen LogP contribution in [0.25, 0.3) is 10.9 Å². The van der Waals surface area contributed by atoms with Crippen molar-refractivity contribution in [3.05, 3.63) is 39.9 Å². The molecule has 0 unspecified atom stereocenters. The summed E-state index contributed by atoms with van der Waals surface area (Å²) in [7, 11) is 0. The van der Waals surface area contributed by atoms with Crippen molar-refractivity contribution in [3.63, 3.8) is 0 Å². The molecule has 2 aromatic heterocycles. The van der Waals surface area contributed by atoms with Gasteiger partial charge in [-0.2, -0.15) is 0 Å². The first-order valence-electron chi connectivity index (χ1n) is 5.69. The molecule has 0 aliphatic carbocycles. The third-order valence-electron chi connectivity index (χ3n) is 2.32. The summed E-state index contributed by atoms with van der Waals surface area (Å²) in [6.45, 7) is 7.88. The Balaban J connectivity index is 0.000000606. The van der Waals surface area contributed by atoms with E-state index >= 15 is 0 Å². The van der Waals surface area contributed by atoms with Crippen molar-refractivity contribution in [2.75, 3.05) is 0 Å². The SMILES string of the molecule is CC.CCc1cc2cnc(C)cc2[nH]c1=O. The Labute approximate surface area is 95.5 Å². The van der Waals surface area contributed by atoms with Gasteiger partial charge >= 0.3 is 0 Å². The summed E-state index contributed by atoms with van der Waals surface area (Å²) in [4.78, 5) is 18.5. The standard InChI is InChI=1S/C11H12N2O.C2H6/c1-3-8-5-9-6-12-7(2)4-10(9)13-11(8)14;1-2/h4-6H,3H2,1-2H3,(H,13,14);1-2H3. The van der Waals surface area contributed by atoms with E-state index in [9.17, 15) is 4.79 Å². The second-order valence-electron chi connectivity index (χ2n) is 3.39. The van der Waals surface area contributed by atoms with Gasteiger partial charge in [0, 0.05) is 22.8 Å².